The number of hydrogen-bond acceptors (Lipinski definition) is 3. The van der Waals surface area contributed by atoms with Gasteiger partial charge in [0.05, 0.1) is 10.6 Å². The molecular formula is C22H27ClN2O2. The summed E-state index contributed by atoms with van der Waals surface area (Å²) in [5, 5.41) is 12.6. The van der Waals surface area contributed by atoms with Crippen molar-refractivity contribution in [3.8, 4) is 11.8 Å². The van der Waals surface area contributed by atoms with E-state index in [1.54, 1.807) is 30.4 Å². The lowest BCUT2D eigenvalue weighted by Crippen LogP contribution is -2.74. The zero-order valence-electron chi connectivity index (χ0n) is 16.8. The second-order valence-corrected chi connectivity index (χ2v) is 8.45. The molecule has 27 heavy (non-hydrogen) atoms. The maximum Gasteiger partial charge on any atom is 0.251 e. The summed E-state index contributed by atoms with van der Waals surface area (Å²) in [6, 6.07) is 7.08. The van der Waals surface area contributed by atoms with Crippen LogP contribution < -0.4 is 10.1 Å². The van der Waals surface area contributed by atoms with Crippen LogP contribution in [0.4, 0.5) is 0 Å². The van der Waals surface area contributed by atoms with Gasteiger partial charge in [0.15, 0.2) is 0 Å². The van der Waals surface area contributed by atoms with Gasteiger partial charge in [-0.05, 0) is 26.0 Å². The van der Waals surface area contributed by atoms with Crippen molar-refractivity contribution in [3.63, 3.8) is 0 Å². The van der Waals surface area contributed by atoms with Crippen molar-refractivity contribution < 1.29 is 9.53 Å². The van der Waals surface area contributed by atoms with E-state index in [9.17, 15) is 4.79 Å². The van der Waals surface area contributed by atoms with Crippen LogP contribution in [0.3, 0.4) is 0 Å². The first kappa shape index (κ1) is 21.1. The fourth-order valence-corrected chi connectivity index (χ4v) is 4.51. The molecule has 1 N–H and O–H groups in total. The number of carbonyl (C=O) groups excluding carboxylic acids is 1. The maximum atomic E-state index is 12.6. The SMILES string of the molecule is C/C=C\C(=C/C)C(=O)NC1C(C)(C)C(Oc2ccc(C#N)c(Cl)c2)C1(C)C. The molecule has 0 saturated heterocycles. The molecule has 4 nitrogen and oxygen atoms in total. The molecule has 2 rings (SSSR count). The molecule has 0 unspecified atom stereocenters. The van der Waals surface area contributed by atoms with Crippen LogP contribution in [-0.2, 0) is 4.79 Å². The van der Waals surface area contributed by atoms with Crippen LogP contribution in [0.25, 0.3) is 0 Å². The van der Waals surface area contributed by atoms with Crippen molar-refractivity contribution >= 4 is 17.5 Å². The average Bonchev–Trinajstić information content (AvgIpc) is 2.61. The van der Waals surface area contributed by atoms with E-state index in [1.807, 2.05) is 26.0 Å². The molecule has 0 spiro atoms. The summed E-state index contributed by atoms with van der Waals surface area (Å²) in [5.41, 5.74) is 0.527. The highest BCUT2D eigenvalue weighted by molar-refractivity contribution is 6.31. The number of amides is 1. The molecule has 1 aromatic carbocycles. The first-order valence-corrected chi connectivity index (χ1v) is 9.43. The molecule has 0 heterocycles. The Labute approximate surface area is 166 Å². The van der Waals surface area contributed by atoms with Crippen molar-refractivity contribution in [2.24, 2.45) is 10.8 Å². The molecule has 1 fully saturated rings. The summed E-state index contributed by atoms with van der Waals surface area (Å²) in [6.07, 6.45) is 5.35. The minimum absolute atomic E-state index is 0.0449. The number of allylic oxidation sites excluding steroid dienone is 2. The molecule has 1 aliphatic carbocycles. The molecular weight excluding hydrogens is 360 g/mol. The Morgan fingerprint density at radius 1 is 1.26 bits per heavy atom. The molecule has 0 bridgehead atoms. The molecule has 1 aromatic rings. The van der Waals surface area contributed by atoms with E-state index >= 15 is 0 Å². The number of hydrogen-bond donors (Lipinski definition) is 1. The quantitative estimate of drug-likeness (QED) is 0.570. The average molecular weight is 387 g/mol. The lowest BCUT2D eigenvalue weighted by atomic mass is 9.49. The van der Waals surface area contributed by atoms with E-state index in [-0.39, 0.29) is 28.9 Å². The van der Waals surface area contributed by atoms with Gasteiger partial charge in [-0.15, -0.1) is 0 Å². The number of carbonyl (C=O) groups is 1. The number of benzene rings is 1. The monoisotopic (exact) mass is 386 g/mol. The van der Waals surface area contributed by atoms with Crippen LogP contribution in [0.15, 0.2) is 42.0 Å². The molecule has 5 heteroatoms. The molecule has 144 valence electrons. The predicted octanol–water partition coefficient (Wildman–Crippen LogP) is 5.03. The van der Waals surface area contributed by atoms with Crippen LogP contribution in [0.5, 0.6) is 5.75 Å². The van der Waals surface area contributed by atoms with E-state index in [0.29, 0.717) is 21.9 Å². The van der Waals surface area contributed by atoms with E-state index < -0.39 is 0 Å². The lowest BCUT2D eigenvalue weighted by molar-refractivity contribution is -0.172. The standard InChI is InChI=1S/C22H27ClN2O2/c1-7-9-14(8-2)18(26)25-19-21(3,4)20(22(19,5)6)27-16-11-10-15(13-24)17(23)12-16/h7-12,19-20H,1-6H3,(H,25,26)/b9-7-,14-8+. The Kier molecular flexibility index (Phi) is 6.07. The summed E-state index contributed by atoms with van der Waals surface area (Å²) < 4.78 is 6.23. The minimum Gasteiger partial charge on any atom is -0.489 e. The summed E-state index contributed by atoms with van der Waals surface area (Å²) in [7, 11) is 0. The molecule has 1 aliphatic rings. The Hall–Kier alpha value is -2.25. The Bertz CT molecular complexity index is 815. The van der Waals surface area contributed by atoms with Gasteiger partial charge in [0.1, 0.15) is 17.9 Å². The van der Waals surface area contributed by atoms with Crippen molar-refractivity contribution in [2.45, 2.75) is 53.7 Å². The summed E-state index contributed by atoms with van der Waals surface area (Å²) in [4.78, 5) is 12.6. The number of ether oxygens (including phenoxy) is 1. The normalized spacial score (nSPS) is 23.4. The third kappa shape index (κ3) is 3.89. The number of halogens is 1. The minimum atomic E-state index is -0.270. The largest absolute Gasteiger partial charge is 0.489 e. The van der Waals surface area contributed by atoms with E-state index in [0.717, 1.165) is 0 Å². The van der Waals surface area contributed by atoms with Gasteiger partial charge in [-0.25, -0.2) is 0 Å². The lowest BCUT2D eigenvalue weighted by Gasteiger charge is -2.63. The van der Waals surface area contributed by atoms with Crippen molar-refractivity contribution in [2.75, 3.05) is 0 Å². The van der Waals surface area contributed by atoms with Crippen LogP contribution in [0, 0.1) is 22.2 Å². The first-order chi connectivity index (χ1) is 12.6. The highest BCUT2D eigenvalue weighted by Crippen LogP contribution is 2.55. The highest BCUT2D eigenvalue weighted by atomic mass is 35.5. The predicted molar refractivity (Wildman–Crippen MR) is 109 cm³/mol. The van der Waals surface area contributed by atoms with E-state index in [4.69, 9.17) is 21.6 Å². The highest BCUT2D eigenvalue weighted by Gasteiger charge is 2.64. The fraction of sp³-hybridized carbons (Fsp3) is 0.455. The topological polar surface area (TPSA) is 62.1 Å². The smallest absolute Gasteiger partial charge is 0.251 e. The molecule has 1 amide bonds. The van der Waals surface area contributed by atoms with Gasteiger partial charge in [0.25, 0.3) is 5.91 Å². The van der Waals surface area contributed by atoms with Crippen LogP contribution >= 0.6 is 11.6 Å². The fourth-order valence-electron chi connectivity index (χ4n) is 4.29. The Morgan fingerprint density at radius 3 is 2.37 bits per heavy atom. The van der Waals surface area contributed by atoms with Crippen LogP contribution in [-0.4, -0.2) is 18.1 Å². The Morgan fingerprint density at radius 2 is 1.89 bits per heavy atom. The Balaban J connectivity index is 2.19. The second kappa shape index (κ2) is 7.78. The summed E-state index contributed by atoms with van der Waals surface area (Å²) in [6.45, 7) is 12.1. The number of nitriles is 1. The zero-order valence-corrected chi connectivity index (χ0v) is 17.5. The third-order valence-electron chi connectivity index (χ3n) is 5.35. The number of nitrogens with one attached hydrogen (secondary N) is 1. The number of nitrogens with zero attached hydrogens (tertiary/aromatic N) is 1. The van der Waals surface area contributed by atoms with E-state index in [2.05, 4.69) is 33.0 Å². The molecule has 0 atom stereocenters. The van der Waals surface area contributed by atoms with Crippen molar-refractivity contribution in [3.05, 3.63) is 52.6 Å². The maximum absolute atomic E-state index is 12.6. The van der Waals surface area contributed by atoms with Gasteiger partial charge < -0.3 is 10.1 Å². The zero-order chi connectivity index (χ0) is 20.4. The van der Waals surface area contributed by atoms with Gasteiger partial charge in [-0.2, -0.15) is 5.26 Å². The van der Waals surface area contributed by atoms with E-state index in [1.165, 1.54) is 0 Å². The third-order valence-corrected chi connectivity index (χ3v) is 5.66. The van der Waals surface area contributed by atoms with Crippen molar-refractivity contribution in [1.29, 1.82) is 5.26 Å². The molecule has 1 saturated carbocycles. The van der Waals surface area contributed by atoms with Gasteiger partial charge >= 0.3 is 0 Å². The van der Waals surface area contributed by atoms with Gasteiger partial charge in [0, 0.05) is 28.5 Å². The molecule has 0 aromatic heterocycles. The van der Waals surface area contributed by atoms with Crippen molar-refractivity contribution in [1.82, 2.24) is 5.32 Å². The van der Waals surface area contributed by atoms with Crippen LogP contribution in [0.2, 0.25) is 5.02 Å². The second-order valence-electron chi connectivity index (χ2n) is 8.04. The first-order valence-electron chi connectivity index (χ1n) is 9.05. The summed E-state index contributed by atoms with van der Waals surface area (Å²) in [5.74, 6) is 0.541. The summed E-state index contributed by atoms with van der Waals surface area (Å²) >= 11 is 6.12. The van der Waals surface area contributed by atoms with Gasteiger partial charge in [-0.1, -0.05) is 57.5 Å². The molecule has 0 radical (unpaired) electrons. The van der Waals surface area contributed by atoms with Gasteiger partial charge in [0.2, 0.25) is 0 Å². The number of rotatable bonds is 5. The van der Waals surface area contributed by atoms with Gasteiger partial charge in [-0.3, -0.25) is 4.79 Å². The van der Waals surface area contributed by atoms with Crippen LogP contribution in [0.1, 0.15) is 47.1 Å². The molecule has 0 aliphatic heterocycles.